The van der Waals surface area contributed by atoms with E-state index in [0.29, 0.717) is 22.8 Å². The quantitative estimate of drug-likeness (QED) is 0.458. The van der Waals surface area contributed by atoms with Gasteiger partial charge in [0.2, 0.25) is 0 Å². The van der Waals surface area contributed by atoms with E-state index in [1.807, 2.05) is 31.2 Å². The summed E-state index contributed by atoms with van der Waals surface area (Å²) in [5, 5.41) is 10.8. The van der Waals surface area contributed by atoms with Crippen molar-refractivity contribution in [2.24, 2.45) is 4.99 Å². The van der Waals surface area contributed by atoms with Crippen molar-refractivity contribution in [3.63, 3.8) is 0 Å². The van der Waals surface area contributed by atoms with Crippen molar-refractivity contribution in [1.82, 2.24) is 0 Å². The molecular formula is C25H23NO5S. The molecule has 0 saturated carbocycles. The van der Waals surface area contributed by atoms with Crippen molar-refractivity contribution in [1.29, 1.82) is 0 Å². The van der Waals surface area contributed by atoms with Gasteiger partial charge in [-0.25, -0.2) is 9.79 Å². The minimum Gasteiger partial charge on any atom is -0.506 e. The number of esters is 1. The van der Waals surface area contributed by atoms with Gasteiger partial charge in [-0.05, 0) is 49.8 Å². The van der Waals surface area contributed by atoms with E-state index in [4.69, 9.17) is 9.47 Å². The molecular weight excluding hydrogens is 426 g/mol. The maximum absolute atomic E-state index is 12.6. The van der Waals surface area contributed by atoms with Crippen molar-refractivity contribution in [2.75, 3.05) is 13.2 Å². The predicted octanol–water partition coefficient (Wildman–Crippen LogP) is 5.26. The third kappa shape index (κ3) is 5.56. The minimum atomic E-state index is -0.732. The third-order valence-corrected chi connectivity index (χ3v) is 5.44. The Morgan fingerprint density at radius 2 is 1.81 bits per heavy atom. The predicted molar refractivity (Wildman–Crippen MR) is 127 cm³/mol. The smallest absolute Gasteiger partial charge is 0.344 e. The number of rotatable bonds is 7. The lowest BCUT2D eigenvalue weighted by atomic mass is 10.1. The van der Waals surface area contributed by atoms with E-state index in [1.165, 1.54) is 0 Å². The van der Waals surface area contributed by atoms with Crippen LogP contribution in [-0.4, -0.2) is 35.2 Å². The summed E-state index contributed by atoms with van der Waals surface area (Å²) in [5.74, 6) is -0.823. The number of nitrogens with zero attached hydrogens (tertiary/aromatic N) is 1. The Kier molecular flexibility index (Phi) is 7.68. The Morgan fingerprint density at radius 1 is 1.12 bits per heavy atom. The number of ether oxygens (including phenoxy) is 2. The van der Waals surface area contributed by atoms with Crippen LogP contribution in [0.5, 0.6) is 5.75 Å². The number of amides is 1. The number of aryl methyl sites for hydroxylation is 1. The number of hydrogen-bond donors (Lipinski definition) is 1. The standard InChI is InChI=1S/C25H23NO5S/c1-4-14-31-19-12-8-17(9-13-19)15-20-22(27)21(25(29)30-5-2)24(32-20)26-23(28)18-10-6-16(3)7-11-18/h4,6-13,15,27H,1,5,14H2,2-3H3/b20-15-,26-24?. The number of aliphatic hydroxyl groups excluding tert-OH is 1. The number of hydrogen-bond acceptors (Lipinski definition) is 6. The van der Waals surface area contributed by atoms with Crippen molar-refractivity contribution < 1.29 is 24.2 Å². The fourth-order valence-corrected chi connectivity index (χ4v) is 3.82. The van der Waals surface area contributed by atoms with Crippen LogP contribution >= 0.6 is 11.8 Å². The Balaban J connectivity index is 1.93. The van der Waals surface area contributed by atoms with Crippen molar-refractivity contribution in [2.45, 2.75) is 13.8 Å². The molecule has 1 heterocycles. The Hall–Kier alpha value is -3.58. The Morgan fingerprint density at radius 3 is 2.44 bits per heavy atom. The van der Waals surface area contributed by atoms with Gasteiger partial charge in [0.05, 0.1) is 11.5 Å². The van der Waals surface area contributed by atoms with Gasteiger partial charge < -0.3 is 14.6 Å². The first-order valence-corrected chi connectivity index (χ1v) is 10.8. The average Bonchev–Trinajstić information content (AvgIpc) is 3.08. The molecule has 3 rings (SSSR count). The first-order chi connectivity index (χ1) is 15.4. The highest BCUT2D eigenvalue weighted by atomic mass is 32.2. The fraction of sp³-hybridized carbons (Fsp3) is 0.160. The minimum absolute atomic E-state index is 0.101. The van der Waals surface area contributed by atoms with Gasteiger partial charge in [-0.3, -0.25) is 4.79 Å². The molecule has 7 heteroatoms. The van der Waals surface area contributed by atoms with Gasteiger partial charge in [-0.15, -0.1) is 0 Å². The summed E-state index contributed by atoms with van der Waals surface area (Å²) in [6, 6.07) is 14.2. The Bertz CT molecular complexity index is 1110. The van der Waals surface area contributed by atoms with E-state index in [2.05, 4.69) is 11.6 Å². The number of aliphatic hydroxyl groups is 1. The topological polar surface area (TPSA) is 85.2 Å². The molecule has 0 unspecified atom stereocenters. The number of carbonyl (C=O) groups is 2. The summed E-state index contributed by atoms with van der Waals surface area (Å²) in [6.07, 6.45) is 3.36. The normalized spacial score (nSPS) is 15.8. The molecule has 1 amide bonds. The lowest BCUT2D eigenvalue weighted by Gasteiger charge is -2.03. The van der Waals surface area contributed by atoms with Crippen LogP contribution in [0.2, 0.25) is 0 Å². The summed E-state index contributed by atoms with van der Waals surface area (Å²) < 4.78 is 10.5. The lowest BCUT2D eigenvalue weighted by Crippen LogP contribution is -2.14. The molecule has 0 bridgehead atoms. The molecule has 2 aromatic carbocycles. The van der Waals surface area contributed by atoms with E-state index >= 15 is 0 Å². The van der Waals surface area contributed by atoms with Crippen LogP contribution in [0.4, 0.5) is 0 Å². The van der Waals surface area contributed by atoms with E-state index in [9.17, 15) is 14.7 Å². The molecule has 1 aliphatic heterocycles. The zero-order valence-electron chi connectivity index (χ0n) is 17.8. The van der Waals surface area contributed by atoms with Crippen LogP contribution in [-0.2, 0) is 9.53 Å². The van der Waals surface area contributed by atoms with E-state index in [1.54, 1.807) is 43.3 Å². The molecule has 2 aromatic rings. The van der Waals surface area contributed by atoms with Gasteiger partial charge in [0.1, 0.15) is 28.7 Å². The summed E-state index contributed by atoms with van der Waals surface area (Å²) in [4.78, 5) is 29.6. The first-order valence-electron chi connectivity index (χ1n) is 9.97. The fourth-order valence-electron chi connectivity index (χ4n) is 2.81. The molecule has 0 fully saturated rings. The summed E-state index contributed by atoms with van der Waals surface area (Å²) in [6.45, 7) is 7.73. The summed E-state index contributed by atoms with van der Waals surface area (Å²) in [7, 11) is 0. The Labute approximate surface area is 191 Å². The molecule has 0 atom stereocenters. The molecule has 0 radical (unpaired) electrons. The average molecular weight is 450 g/mol. The molecule has 1 aliphatic rings. The van der Waals surface area contributed by atoms with Gasteiger partial charge in [-0.2, -0.15) is 0 Å². The molecule has 0 aliphatic carbocycles. The summed E-state index contributed by atoms with van der Waals surface area (Å²) in [5.41, 5.74) is 2.06. The van der Waals surface area contributed by atoms with Crippen molar-refractivity contribution in [3.8, 4) is 5.75 Å². The van der Waals surface area contributed by atoms with Crippen molar-refractivity contribution >= 4 is 34.8 Å². The molecule has 0 saturated heterocycles. The molecule has 0 spiro atoms. The van der Waals surface area contributed by atoms with Crippen LogP contribution < -0.4 is 4.74 Å². The van der Waals surface area contributed by atoms with Crippen molar-refractivity contribution in [3.05, 3.63) is 94.1 Å². The zero-order chi connectivity index (χ0) is 23.1. The second-order valence-corrected chi connectivity index (χ2v) is 7.84. The molecule has 1 N–H and O–H groups in total. The van der Waals surface area contributed by atoms with E-state index in [-0.39, 0.29) is 23.0 Å². The van der Waals surface area contributed by atoms with E-state index in [0.717, 1.165) is 22.9 Å². The number of thioether (sulfide) groups is 1. The van der Waals surface area contributed by atoms with Crippen LogP contribution in [0, 0.1) is 6.92 Å². The third-order valence-electron chi connectivity index (χ3n) is 4.42. The largest absolute Gasteiger partial charge is 0.506 e. The first kappa shape index (κ1) is 23.1. The molecule has 32 heavy (non-hydrogen) atoms. The number of aliphatic imine (C=N–C) groups is 1. The second-order valence-electron chi connectivity index (χ2n) is 6.81. The molecule has 164 valence electrons. The second kappa shape index (κ2) is 10.6. The van der Waals surface area contributed by atoms with Gasteiger partial charge in [0.15, 0.2) is 0 Å². The van der Waals surface area contributed by atoms with Gasteiger partial charge >= 0.3 is 5.97 Å². The molecule has 6 nitrogen and oxygen atoms in total. The molecule has 0 aromatic heterocycles. The van der Waals surface area contributed by atoms with E-state index < -0.39 is 11.9 Å². The maximum Gasteiger partial charge on any atom is 0.344 e. The van der Waals surface area contributed by atoms with Crippen LogP contribution in [0.3, 0.4) is 0 Å². The van der Waals surface area contributed by atoms with Crippen LogP contribution in [0.15, 0.2) is 82.4 Å². The van der Waals surface area contributed by atoms with Gasteiger partial charge in [0, 0.05) is 5.56 Å². The number of carbonyl (C=O) groups excluding carboxylic acids is 2. The summed E-state index contributed by atoms with van der Waals surface area (Å²) >= 11 is 1.04. The maximum atomic E-state index is 12.6. The zero-order valence-corrected chi connectivity index (χ0v) is 18.6. The highest BCUT2D eigenvalue weighted by molar-refractivity contribution is 8.18. The SMILES string of the molecule is C=CCOc1ccc(/C=C2\SC(=NC(=O)c3ccc(C)cc3)C(C(=O)OCC)=C2O)cc1. The monoisotopic (exact) mass is 449 g/mol. The van der Waals surface area contributed by atoms with Crippen LogP contribution in [0.1, 0.15) is 28.4 Å². The van der Waals surface area contributed by atoms with Gasteiger partial charge in [-0.1, -0.05) is 54.2 Å². The number of benzene rings is 2. The van der Waals surface area contributed by atoms with Crippen LogP contribution in [0.25, 0.3) is 6.08 Å². The highest BCUT2D eigenvalue weighted by Crippen LogP contribution is 2.39. The van der Waals surface area contributed by atoms with Gasteiger partial charge in [0.25, 0.3) is 5.91 Å². The lowest BCUT2D eigenvalue weighted by molar-refractivity contribution is -0.138. The highest BCUT2D eigenvalue weighted by Gasteiger charge is 2.33.